The molecule has 0 atom stereocenters. The van der Waals surface area contributed by atoms with Crippen molar-refractivity contribution in [2.45, 2.75) is 13.5 Å². The second-order valence-corrected chi connectivity index (χ2v) is 7.18. The Kier molecular flexibility index (Phi) is 5.85. The third-order valence-electron chi connectivity index (χ3n) is 5.38. The minimum Gasteiger partial charge on any atom is -0.496 e. The molecule has 5 nitrogen and oxygen atoms in total. The van der Waals surface area contributed by atoms with E-state index >= 15 is 0 Å². The van der Waals surface area contributed by atoms with E-state index in [1.807, 2.05) is 96.8 Å². The highest BCUT2D eigenvalue weighted by atomic mass is 16.5. The molecule has 0 aliphatic carbocycles. The van der Waals surface area contributed by atoms with E-state index in [0.29, 0.717) is 23.6 Å². The number of carbonyl (C=O) groups is 2. The fourth-order valence-corrected chi connectivity index (χ4v) is 3.90. The van der Waals surface area contributed by atoms with E-state index in [-0.39, 0.29) is 18.4 Å². The molecular formula is C26H24N2O3. The number of hydrogen-bond acceptors (Lipinski definition) is 4. The number of rotatable bonds is 7. The molecule has 0 N–H and O–H groups in total. The van der Waals surface area contributed by atoms with Crippen molar-refractivity contribution in [3.8, 4) is 5.75 Å². The number of benzene rings is 3. The Labute approximate surface area is 182 Å². The molecule has 0 fully saturated rings. The predicted molar refractivity (Wildman–Crippen MR) is 121 cm³/mol. The van der Waals surface area contributed by atoms with Crippen molar-refractivity contribution in [2.75, 3.05) is 18.6 Å². The highest BCUT2D eigenvalue weighted by Gasteiger charge is 2.41. The molecule has 1 aliphatic heterocycles. The van der Waals surface area contributed by atoms with Gasteiger partial charge >= 0.3 is 0 Å². The summed E-state index contributed by atoms with van der Waals surface area (Å²) in [4.78, 5) is 30.4. The minimum atomic E-state index is -0.305. The first-order chi connectivity index (χ1) is 15.2. The topological polar surface area (TPSA) is 49.9 Å². The SMILES string of the molecule is CCN(C1=C(c2ccccc2)C(=O)N(Cc2ccccc2OC)C1=O)c1ccccc1. The molecule has 0 unspecified atom stereocenters. The smallest absolute Gasteiger partial charge is 0.278 e. The maximum absolute atomic E-state index is 13.6. The van der Waals surface area contributed by atoms with Gasteiger partial charge in [0.25, 0.3) is 11.8 Å². The number of anilines is 1. The van der Waals surface area contributed by atoms with Crippen LogP contribution in [0.1, 0.15) is 18.1 Å². The lowest BCUT2D eigenvalue weighted by Crippen LogP contribution is -2.35. The van der Waals surface area contributed by atoms with Crippen LogP contribution in [0.3, 0.4) is 0 Å². The van der Waals surface area contributed by atoms with E-state index in [9.17, 15) is 9.59 Å². The van der Waals surface area contributed by atoms with Gasteiger partial charge in [-0.15, -0.1) is 0 Å². The first kappa shape index (κ1) is 20.4. The van der Waals surface area contributed by atoms with E-state index in [2.05, 4.69) is 0 Å². The molecule has 3 aromatic carbocycles. The Morgan fingerprint density at radius 3 is 2.06 bits per heavy atom. The zero-order valence-electron chi connectivity index (χ0n) is 17.6. The predicted octanol–water partition coefficient (Wildman–Crippen LogP) is 4.50. The first-order valence-electron chi connectivity index (χ1n) is 10.3. The van der Waals surface area contributed by atoms with Crippen molar-refractivity contribution in [1.29, 1.82) is 0 Å². The van der Waals surface area contributed by atoms with Crippen molar-refractivity contribution in [1.82, 2.24) is 4.90 Å². The summed E-state index contributed by atoms with van der Waals surface area (Å²) < 4.78 is 5.43. The molecule has 0 saturated carbocycles. The number of likely N-dealkylation sites (N-methyl/N-ethyl adjacent to an activating group) is 1. The molecule has 0 radical (unpaired) electrons. The van der Waals surface area contributed by atoms with Crippen molar-refractivity contribution in [2.24, 2.45) is 0 Å². The normalized spacial score (nSPS) is 13.7. The molecule has 31 heavy (non-hydrogen) atoms. The number of imide groups is 1. The van der Waals surface area contributed by atoms with Gasteiger partial charge in [0.05, 0.1) is 19.2 Å². The number of hydrogen-bond donors (Lipinski definition) is 0. The van der Waals surface area contributed by atoms with E-state index in [0.717, 1.165) is 16.8 Å². The van der Waals surface area contributed by atoms with E-state index in [1.54, 1.807) is 7.11 Å². The van der Waals surface area contributed by atoms with Gasteiger partial charge in [0.2, 0.25) is 0 Å². The Balaban J connectivity index is 1.81. The minimum absolute atomic E-state index is 0.147. The van der Waals surface area contributed by atoms with Crippen LogP contribution in [0.15, 0.2) is 90.6 Å². The lowest BCUT2D eigenvalue weighted by atomic mass is 10.0. The summed E-state index contributed by atoms with van der Waals surface area (Å²) in [5.41, 5.74) is 3.20. The van der Waals surface area contributed by atoms with Gasteiger partial charge in [-0.2, -0.15) is 0 Å². The first-order valence-corrected chi connectivity index (χ1v) is 10.3. The van der Waals surface area contributed by atoms with Crippen LogP contribution in [0.2, 0.25) is 0 Å². The number of ether oxygens (including phenoxy) is 1. The number of nitrogens with zero attached hydrogens (tertiary/aromatic N) is 2. The van der Waals surface area contributed by atoms with Crippen LogP contribution >= 0.6 is 0 Å². The lowest BCUT2D eigenvalue weighted by Gasteiger charge is -2.25. The van der Waals surface area contributed by atoms with Crippen LogP contribution in [-0.4, -0.2) is 30.4 Å². The maximum atomic E-state index is 13.6. The van der Waals surface area contributed by atoms with Crippen LogP contribution in [0.25, 0.3) is 5.57 Å². The van der Waals surface area contributed by atoms with Gasteiger partial charge in [-0.1, -0.05) is 66.7 Å². The summed E-state index contributed by atoms with van der Waals surface area (Å²) in [6.45, 7) is 2.67. The van der Waals surface area contributed by atoms with Crippen molar-refractivity contribution < 1.29 is 14.3 Å². The Morgan fingerprint density at radius 1 is 0.806 bits per heavy atom. The third kappa shape index (κ3) is 3.82. The number of methoxy groups -OCH3 is 1. The average molecular weight is 412 g/mol. The van der Waals surface area contributed by atoms with Gasteiger partial charge < -0.3 is 9.64 Å². The molecule has 1 heterocycles. The van der Waals surface area contributed by atoms with Crippen LogP contribution < -0.4 is 9.64 Å². The standard InChI is InChI=1S/C26H24N2O3/c1-3-27(21-15-8-5-9-16-21)24-23(19-12-6-4-7-13-19)25(29)28(26(24)30)18-20-14-10-11-17-22(20)31-2/h4-17H,3,18H2,1-2H3. The Hall–Kier alpha value is -3.86. The van der Waals surface area contributed by atoms with Crippen molar-refractivity contribution >= 4 is 23.1 Å². The summed E-state index contributed by atoms with van der Waals surface area (Å²) in [6.07, 6.45) is 0. The Bertz CT molecular complexity index is 1120. The summed E-state index contributed by atoms with van der Waals surface area (Å²) >= 11 is 0. The van der Waals surface area contributed by atoms with Crippen molar-refractivity contribution in [3.05, 3.63) is 102 Å². The summed E-state index contributed by atoms with van der Waals surface area (Å²) in [5.74, 6) is 0.0418. The maximum Gasteiger partial charge on any atom is 0.278 e. The van der Waals surface area contributed by atoms with E-state index in [4.69, 9.17) is 4.74 Å². The second-order valence-electron chi connectivity index (χ2n) is 7.18. The van der Waals surface area contributed by atoms with Gasteiger partial charge in [0.1, 0.15) is 11.4 Å². The molecule has 5 heteroatoms. The molecule has 0 saturated heterocycles. The molecule has 0 aromatic heterocycles. The average Bonchev–Trinajstić information content (AvgIpc) is 3.06. The molecule has 0 spiro atoms. The summed E-state index contributed by atoms with van der Waals surface area (Å²) in [6, 6.07) is 26.5. The summed E-state index contributed by atoms with van der Waals surface area (Å²) in [5, 5.41) is 0. The van der Waals surface area contributed by atoms with Gasteiger partial charge in [0, 0.05) is 17.8 Å². The van der Waals surface area contributed by atoms with Gasteiger partial charge in [0.15, 0.2) is 0 Å². The van der Waals surface area contributed by atoms with Gasteiger partial charge in [-0.3, -0.25) is 14.5 Å². The number of amides is 2. The molecule has 0 bridgehead atoms. The molecule has 2 amide bonds. The summed E-state index contributed by atoms with van der Waals surface area (Å²) in [7, 11) is 1.58. The lowest BCUT2D eigenvalue weighted by molar-refractivity contribution is -0.137. The quantitative estimate of drug-likeness (QED) is 0.536. The molecule has 156 valence electrons. The largest absolute Gasteiger partial charge is 0.496 e. The van der Waals surface area contributed by atoms with Crippen molar-refractivity contribution in [3.63, 3.8) is 0 Å². The fraction of sp³-hybridized carbons (Fsp3) is 0.154. The zero-order chi connectivity index (χ0) is 21.8. The molecule has 1 aliphatic rings. The zero-order valence-corrected chi connectivity index (χ0v) is 17.6. The highest BCUT2D eigenvalue weighted by molar-refractivity contribution is 6.36. The Morgan fingerprint density at radius 2 is 1.42 bits per heavy atom. The van der Waals surface area contributed by atoms with Gasteiger partial charge in [-0.05, 0) is 30.7 Å². The number of para-hydroxylation sites is 2. The molecule has 3 aromatic rings. The molecule has 4 rings (SSSR count). The van der Waals surface area contributed by atoms with E-state index in [1.165, 1.54) is 4.90 Å². The third-order valence-corrected chi connectivity index (χ3v) is 5.38. The fourth-order valence-electron chi connectivity index (χ4n) is 3.90. The van der Waals surface area contributed by atoms with Crippen LogP contribution in [0.5, 0.6) is 5.75 Å². The van der Waals surface area contributed by atoms with E-state index < -0.39 is 0 Å². The van der Waals surface area contributed by atoms with Crippen LogP contribution in [0.4, 0.5) is 5.69 Å². The van der Waals surface area contributed by atoms with Gasteiger partial charge in [-0.25, -0.2) is 0 Å². The molecular weight excluding hydrogens is 388 g/mol. The van der Waals surface area contributed by atoms with Crippen LogP contribution in [0, 0.1) is 0 Å². The number of carbonyl (C=O) groups excluding carboxylic acids is 2. The second kappa shape index (κ2) is 8.88. The van der Waals surface area contributed by atoms with Crippen LogP contribution in [-0.2, 0) is 16.1 Å². The highest BCUT2D eigenvalue weighted by Crippen LogP contribution is 2.35. The monoisotopic (exact) mass is 412 g/mol.